The lowest BCUT2D eigenvalue weighted by Gasteiger charge is -2.27. The summed E-state index contributed by atoms with van der Waals surface area (Å²) in [4.78, 5) is 30.2. The Bertz CT molecular complexity index is 1010. The molecular formula is C24H24N2O3. The van der Waals surface area contributed by atoms with Crippen molar-refractivity contribution in [3.63, 3.8) is 0 Å². The van der Waals surface area contributed by atoms with E-state index in [4.69, 9.17) is 4.42 Å². The third kappa shape index (κ3) is 3.73. The van der Waals surface area contributed by atoms with Crippen molar-refractivity contribution in [3.05, 3.63) is 88.6 Å². The molecule has 1 atom stereocenters. The average molecular weight is 388 g/mol. The van der Waals surface area contributed by atoms with Gasteiger partial charge in [-0.2, -0.15) is 0 Å². The number of hydrogen-bond acceptors (Lipinski definition) is 4. The molecule has 4 rings (SSSR count). The summed E-state index contributed by atoms with van der Waals surface area (Å²) in [6, 6.07) is 14.9. The first kappa shape index (κ1) is 19.1. The molecule has 0 spiro atoms. The molecule has 0 radical (unpaired) electrons. The highest BCUT2D eigenvalue weighted by atomic mass is 16.4. The van der Waals surface area contributed by atoms with Crippen molar-refractivity contribution in [2.24, 2.45) is 5.41 Å². The third-order valence-electron chi connectivity index (χ3n) is 5.37. The number of rotatable bonds is 4. The predicted octanol–water partition coefficient (Wildman–Crippen LogP) is 4.66. The number of hydrogen-bond donors (Lipinski definition) is 1. The summed E-state index contributed by atoms with van der Waals surface area (Å²) < 4.78 is 5.92. The minimum Gasteiger partial charge on any atom is -0.455 e. The fourth-order valence-corrected chi connectivity index (χ4v) is 4.02. The molecule has 0 unspecified atom stereocenters. The SMILES string of the molecule is Cc1c(C(=O)N[C@@H](c2ccccc2)c2ccccn2)oc2c1C(=O)CC(C)(C)C2. The summed E-state index contributed by atoms with van der Waals surface area (Å²) in [6.07, 6.45) is 2.81. The maximum Gasteiger partial charge on any atom is 0.288 e. The molecule has 0 saturated heterocycles. The summed E-state index contributed by atoms with van der Waals surface area (Å²) >= 11 is 0. The molecule has 1 aliphatic carbocycles. The van der Waals surface area contributed by atoms with Crippen LogP contribution in [0.4, 0.5) is 0 Å². The van der Waals surface area contributed by atoms with Gasteiger partial charge in [0, 0.05) is 24.6 Å². The van der Waals surface area contributed by atoms with Crippen LogP contribution < -0.4 is 5.32 Å². The molecule has 0 saturated carbocycles. The summed E-state index contributed by atoms with van der Waals surface area (Å²) in [6.45, 7) is 5.86. The van der Waals surface area contributed by atoms with Crippen LogP contribution in [0.25, 0.3) is 0 Å². The summed E-state index contributed by atoms with van der Waals surface area (Å²) in [5, 5.41) is 3.04. The van der Waals surface area contributed by atoms with Gasteiger partial charge in [0.15, 0.2) is 11.5 Å². The number of ketones is 1. The molecule has 2 aromatic heterocycles. The van der Waals surface area contributed by atoms with E-state index in [0.717, 1.165) is 11.3 Å². The lowest BCUT2D eigenvalue weighted by atomic mass is 9.76. The van der Waals surface area contributed by atoms with E-state index >= 15 is 0 Å². The normalized spacial score (nSPS) is 16.2. The van der Waals surface area contributed by atoms with E-state index in [1.807, 2.05) is 62.4 Å². The van der Waals surface area contributed by atoms with Crippen LogP contribution in [-0.4, -0.2) is 16.7 Å². The second-order valence-corrected chi connectivity index (χ2v) is 8.37. The van der Waals surface area contributed by atoms with Crippen LogP contribution in [0.3, 0.4) is 0 Å². The molecule has 2 heterocycles. The van der Waals surface area contributed by atoms with E-state index in [9.17, 15) is 9.59 Å². The molecule has 0 fully saturated rings. The average Bonchev–Trinajstić information content (AvgIpc) is 3.02. The van der Waals surface area contributed by atoms with Gasteiger partial charge in [-0.25, -0.2) is 0 Å². The van der Waals surface area contributed by atoms with Crippen molar-refractivity contribution in [2.45, 2.75) is 39.7 Å². The van der Waals surface area contributed by atoms with Gasteiger partial charge in [0.1, 0.15) is 5.76 Å². The molecule has 29 heavy (non-hydrogen) atoms. The molecule has 5 heteroatoms. The van der Waals surface area contributed by atoms with Gasteiger partial charge < -0.3 is 9.73 Å². The number of carbonyl (C=O) groups excluding carboxylic acids is 2. The number of fused-ring (bicyclic) bond motifs is 1. The highest BCUT2D eigenvalue weighted by Gasteiger charge is 2.37. The number of Topliss-reactive ketones (excluding diaryl/α,β-unsaturated/α-hetero) is 1. The van der Waals surface area contributed by atoms with Gasteiger partial charge in [-0.05, 0) is 30.0 Å². The quantitative estimate of drug-likeness (QED) is 0.706. The first-order valence-electron chi connectivity index (χ1n) is 9.78. The van der Waals surface area contributed by atoms with Gasteiger partial charge in [-0.1, -0.05) is 50.2 Å². The van der Waals surface area contributed by atoms with Crippen LogP contribution >= 0.6 is 0 Å². The number of nitrogens with zero attached hydrogens (tertiary/aromatic N) is 1. The second kappa shape index (κ2) is 7.32. The lowest BCUT2D eigenvalue weighted by Crippen LogP contribution is -2.30. The Hall–Kier alpha value is -3.21. The zero-order chi connectivity index (χ0) is 20.6. The van der Waals surface area contributed by atoms with E-state index < -0.39 is 6.04 Å². The van der Waals surface area contributed by atoms with E-state index in [-0.39, 0.29) is 22.9 Å². The second-order valence-electron chi connectivity index (χ2n) is 8.37. The zero-order valence-electron chi connectivity index (χ0n) is 16.9. The number of amides is 1. The molecule has 1 N–H and O–H groups in total. The van der Waals surface area contributed by atoms with Gasteiger partial charge in [0.2, 0.25) is 0 Å². The van der Waals surface area contributed by atoms with Crippen LogP contribution in [0.1, 0.15) is 69.8 Å². The van der Waals surface area contributed by atoms with Gasteiger partial charge in [-0.15, -0.1) is 0 Å². The van der Waals surface area contributed by atoms with Gasteiger partial charge in [0.05, 0.1) is 17.3 Å². The molecule has 0 bridgehead atoms. The Kier molecular flexibility index (Phi) is 4.82. The van der Waals surface area contributed by atoms with Crippen molar-refractivity contribution < 1.29 is 14.0 Å². The third-order valence-corrected chi connectivity index (χ3v) is 5.37. The Balaban J connectivity index is 1.69. The van der Waals surface area contributed by atoms with Crippen LogP contribution in [0.15, 0.2) is 59.1 Å². The maximum absolute atomic E-state index is 13.2. The number of furan rings is 1. The largest absolute Gasteiger partial charge is 0.455 e. The Morgan fingerprint density at radius 1 is 1.10 bits per heavy atom. The topological polar surface area (TPSA) is 72.2 Å². The number of aromatic nitrogens is 1. The number of pyridine rings is 1. The van der Waals surface area contributed by atoms with Crippen molar-refractivity contribution in [2.75, 3.05) is 0 Å². The van der Waals surface area contributed by atoms with Crippen LogP contribution in [0.2, 0.25) is 0 Å². The fourth-order valence-electron chi connectivity index (χ4n) is 4.02. The fraction of sp³-hybridized carbons (Fsp3) is 0.292. The Labute approximate surface area is 170 Å². The molecule has 5 nitrogen and oxygen atoms in total. The van der Waals surface area contributed by atoms with Gasteiger partial charge in [0.25, 0.3) is 5.91 Å². The van der Waals surface area contributed by atoms with E-state index in [1.54, 1.807) is 13.1 Å². The highest BCUT2D eigenvalue weighted by molar-refractivity contribution is 6.03. The van der Waals surface area contributed by atoms with Crippen LogP contribution in [0, 0.1) is 12.3 Å². The lowest BCUT2D eigenvalue weighted by molar-refractivity contribution is 0.0885. The smallest absolute Gasteiger partial charge is 0.288 e. The summed E-state index contributed by atoms with van der Waals surface area (Å²) in [5.74, 6) is 0.517. The van der Waals surface area contributed by atoms with Gasteiger partial charge in [-0.3, -0.25) is 14.6 Å². The highest BCUT2D eigenvalue weighted by Crippen LogP contribution is 2.38. The van der Waals surface area contributed by atoms with Gasteiger partial charge >= 0.3 is 0 Å². The first-order chi connectivity index (χ1) is 13.9. The molecular weight excluding hydrogens is 364 g/mol. The number of carbonyl (C=O) groups is 2. The van der Waals surface area contributed by atoms with Crippen molar-refractivity contribution >= 4 is 11.7 Å². The standard InChI is InChI=1S/C24H24N2O3/c1-15-20-18(27)13-24(2,3)14-19(20)29-22(15)23(28)26-21(16-9-5-4-6-10-16)17-11-7-8-12-25-17/h4-12,21H,13-14H2,1-3H3,(H,26,28)/t21-/m0/s1. The van der Waals surface area contributed by atoms with Crippen molar-refractivity contribution in [1.29, 1.82) is 0 Å². The maximum atomic E-state index is 13.2. The Morgan fingerprint density at radius 2 is 1.83 bits per heavy atom. The molecule has 1 aliphatic rings. The minimum atomic E-state index is -0.418. The number of benzene rings is 1. The summed E-state index contributed by atoms with van der Waals surface area (Å²) in [5.41, 5.74) is 2.68. The number of nitrogens with one attached hydrogen (secondary N) is 1. The Morgan fingerprint density at radius 3 is 2.52 bits per heavy atom. The van der Waals surface area contributed by atoms with Crippen molar-refractivity contribution in [1.82, 2.24) is 10.3 Å². The zero-order valence-corrected chi connectivity index (χ0v) is 16.9. The monoisotopic (exact) mass is 388 g/mol. The summed E-state index contributed by atoms with van der Waals surface area (Å²) in [7, 11) is 0. The van der Waals surface area contributed by atoms with E-state index in [0.29, 0.717) is 29.7 Å². The molecule has 1 amide bonds. The predicted molar refractivity (Wildman–Crippen MR) is 110 cm³/mol. The van der Waals surface area contributed by atoms with E-state index in [2.05, 4.69) is 10.3 Å². The van der Waals surface area contributed by atoms with Crippen molar-refractivity contribution in [3.8, 4) is 0 Å². The first-order valence-corrected chi connectivity index (χ1v) is 9.78. The molecule has 0 aliphatic heterocycles. The van der Waals surface area contributed by atoms with Crippen LogP contribution in [0.5, 0.6) is 0 Å². The molecule has 3 aromatic rings. The van der Waals surface area contributed by atoms with E-state index in [1.165, 1.54) is 0 Å². The molecule has 1 aromatic carbocycles. The minimum absolute atomic E-state index is 0.0425. The molecule has 148 valence electrons. The van der Waals surface area contributed by atoms with Crippen LogP contribution in [-0.2, 0) is 6.42 Å².